The van der Waals surface area contributed by atoms with E-state index < -0.39 is 47.6 Å². The number of fused-ring (bicyclic) bond motifs is 1. The van der Waals surface area contributed by atoms with Gasteiger partial charge in [0.2, 0.25) is 0 Å². The summed E-state index contributed by atoms with van der Waals surface area (Å²) >= 11 is 5.35. The number of urea groups is 1. The molecule has 6 aromatic rings. The molecule has 0 saturated carbocycles. The molecular weight excluding hydrogens is 985 g/mol. The Morgan fingerprint density at radius 1 is 0.685 bits per heavy atom. The van der Waals surface area contributed by atoms with Gasteiger partial charge in [0.05, 0.1) is 42.6 Å². The molecule has 73 heavy (non-hydrogen) atoms. The Balaban J connectivity index is 0.000000250. The Labute approximate surface area is 419 Å². The van der Waals surface area contributed by atoms with Crippen molar-refractivity contribution in [2.75, 3.05) is 32.7 Å². The minimum absolute atomic E-state index is 0.0634. The number of hydrogen-bond donors (Lipinski definition) is 0. The number of Topliss-reactive ketones (excluding diaryl/α,β-unsaturated/α-hetero) is 2. The zero-order chi connectivity index (χ0) is 51.6. The standard InChI is InChI=1S/C38H33F4N5O4.C15H17ClF3NO2/c39-26-16-25-20-46(37(50)44-12-9-24(10-13-44)36(38(40,41)42)51-22-23-6-2-1-3-7-23)15-14-45-21-28(27(17-26)35(25)45)33-30(48)18-31(49)34(33)29-19-43-32-8-4-5-11-47(29)32;16-14(21)20-8-6-12(7-9-20)13(15(17,18)19)22-10-11-4-2-1-3-5-11/h1-8,11,16-17,19,21,24,36H,9-10,12-15,18,20,22H2;1-5,12-13H,6-10H2. The summed E-state index contributed by atoms with van der Waals surface area (Å²) in [4.78, 5) is 60.4. The van der Waals surface area contributed by atoms with Gasteiger partial charge in [0, 0.05) is 74.7 Å². The lowest BCUT2D eigenvalue weighted by molar-refractivity contribution is -0.243. The third kappa shape index (κ3) is 11.3. The summed E-state index contributed by atoms with van der Waals surface area (Å²) in [5, 5.41) is -0.162. The van der Waals surface area contributed by atoms with Crippen LogP contribution in [0.1, 0.15) is 60.1 Å². The van der Waals surface area contributed by atoms with Gasteiger partial charge in [-0.05, 0) is 90.1 Å². The number of carbonyl (C=O) groups excluding carboxylic acids is 4. The topological polar surface area (TPSA) is 119 Å². The predicted octanol–water partition coefficient (Wildman–Crippen LogP) is 10.9. The van der Waals surface area contributed by atoms with Crippen LogP contribution in [-0.2, 0) is 45.4 Å². The number of benzene rings is 3. The Kier molecular flexibility index (Phi) is 15.1. The van der Waals surface area contributed by atoms with Crippen molar-refractivity contribution in [3.63, 3.8) is 0 Å². The summed E-state index contributed by atoms with van der Waals surface area (Å²) in [5.74, 6) is -2.71. The monoisotopic (exact) mass is 1030 g/mol. The molecule has 4 aliphatic rings. The molecule has 2 atom stereocenters. The Hall–Kier alpha value is -6.57. The van der Waals surface area contributed by atoms with Crippen molar-refractivity contribution in [3.8, 4) is 0 Å². The maximum absolute atomic E-state index is 15.3. The molecule has 10 rings (SSSR count). The molecule has 0 radical (unpaired) electrons. The van der Waals surface area contributed by atoms with Crippen molar-refractivity contribution in [1.29, 1.82) is 0 Å². The highest BCUT2D eigenvalue weighted by molar-refractivity contribution is 6.62. The summed E-state index contributed by atoms with van der Waals surface area (Å²) in [5.41, 5.74) is 4.51. The molecule has 384 valence electrons. The molecule has 0 N–H and O–H groups in total. The predicted molar refractivity (Wildman–Crippen MR) is 256 cm³/mol. The molecule has 6 heterocycles. The highest BCUT2D eigenvalue weighted by Gasteiger charge is 2.48. The van der Waals surface area contributed by atoms with E-state index in [0.717, 1.165) is 0 Å². The summed E-state index contributed by atoms with van der Waals surface area (Å²) in [7, 11) is 0. The number of nitrogens with zero attached hydrogens (tertiary/aromatic N) is 6. The van der Waals surface area contributed by atoms with Crippen LogP contribution in [0.4, 0.5) is 40.3 Å². The number of pyridine rings is 1. The maximum atomic E-state index is 15.3. The minimum Gasteiger partial charge on any atom is -0.364 e. The number of hydrogen-bond acceptors (Lipinski definition) is 7. The Morgan fingerprint density at radius 3 is 1.79 bits per heavy atom. The molecule has 3 aliphatic heterocycles. The van der Waals surface area contributed by atoms with Crippen LogP contribution in [0.3, 0.4) is 0 Å². The van der Waals surface area contributed by atoms with E-state index in [-0.39, 0.29) is 113 Å². The van der Waals surface area contributed by atoms with E-state index in [9.17, 15) is 45.5 Å². The van der Waals surface area contributed by atoms with Gasteiger partial charge in [-0.15, -0.1) is 0 Å². The van der Waals surface area contributed by atoms with E-state index in [1.807, 2.05) is 10.6 Å². The number of likely N-dealkylation sites (tertiary alicyclic amines) is 2. The lowest BCUT2D eigenvalue weighted by atomic mass is 9.90. The molecule has 2 saturated heterocycles. The number of halogens is 8. The van der Waals surface area contributed by atoms with E-state index in [1.165, 1.54) is 17.0 Å². The number of allylic oxidation sites excluding steroid dienone is 2. The molecule has 12 nitrogen and oxygen atoms in total. The van der Waals surface area contributed by atoms with Crippen LogP contribution in [0.25, 0.3) is 27.7 Å². The molecule has 3 amide bonds. The Morgan fingerprint density at radius 2 is 1.23 bits per heavy atom. The fraction of sp³-hybridized carbons (Fsp3) is 0.377. The number of amides is 3. The van der Waals surface area contributed by atoms with Gasteiger partial charge in [0.15, 0.2) is 23.8 Å². The van der Waals surface area contributed by atoms with Gasteiger partial charge in [0.25, 0.3) is 0 Å². The van der Waals surface area contributed by atoms with E-state index in [1.54, 1.807) is 106 Å². The van der Waals surface area contributed by atoms with E-state index in [4.69, 9.17) is 21.1 Å². The number of alkyl halides is 6. The Bertz CT molecular complexity index is 3020. The number of ketones is 2. The van der Waals surface area contributed by atoms with E-state index in [0.29, 0.717) is 51.0 Å². The fourth-order valence-corrected chi connectivity index (χ4v) is 10.6. The molecule has 2 fully saturated rings. The van der Waals surface area contributed by atoms with Crippen LogP contribution < -0.4 is 0 Å². The van der Waals surface area contributed by atoms with Crippen LogP contribution in [0.15, 0.2) is 110 Å². The molecule has 0 bridgehead atoms. The van der Waals surface area contributed by atoms with Crippen LogP contribution in [0, 0.1) is 17.7 Å². The van der Waals surface area contributed by atoms with Gasteiger partial charge < -0.3 is 28.7 Å². The van der Waals surface area contributed by atoms with Gasteiger partial charge in [-0.3, -0.25) is 18.8 Å². The molecule has 20 heteroatoms. The molecule has 2 unspecified atom stereocenters. The molecule has 0 spiro atoms. The zero-order valence-corrected chi connectivity index (χ0v) is 40.0. The van der Waals surface area contributed by atoms with Crippen LogP contribution in [0.5, 0.6) is 0 Å². The van der Waals surface area contributed by atoms with Gasteiger partial charge >= 0.3 is 23.8 Å². The molecule has 3 aromatic carbocycles. The lowest BCUT2D eigenvalue weighted by Crippen LogP contribution is -2.50. The van der Waals surface area contributed by atoms with Gasteiger partial charge in [-0.25, -0.2) is 14.2 Å². The van der Waals surface area contributed by atoms with E-state index >= 15 is 4.39 Å². The quantitative estimate of drug-likeness (QED) is 0.0580. The van der Waals surface area contributed by atoms with Crippen molar-refractivity contribution in [2.45, 2.75) is 83.0 Å². The lowest BCUT2D eigenvalue weighted by Gasteiger charge is -2.38. The first kappa shape index (κ1) is 51.3. The molecule has 1 aliphatic carbocycles. The van der Waals surface area contributed by atoms with Crippen molar-refractivity contribution in [2.24, 2.45) is 11.8 Å². The zero-order valence-electron chi connectivity index (χ0n) is 39.3. The number of rotatable bonds is 10. The SMILES string of the molecule is O=C(Cl)N1CCC(C(OCc2ccccc2)C(F)(F)F)CC1.O=C1CC(=O)C(c2cnc3ccccn23)=C1c1cn2c3c(cc(F)cc13)CN(C(=O)N1CCC(C(OCc3ccccc3)C(F)(F)F)CC1)CC2. The maximum Gasteiger partial charge on any atom is 0.414 e. The number of imidazole rings is 1. The highest BCUT2D eigenvalue weighted by atomic mass is 35.5. The van der Waals surface area contributed by atoms with Crippen LogP contribution >= 0.6 is 11.6 Å². The second-order valence-corrected chi connectivity index (χ2v) is 19.0. The van der Waals surface area contributed by atoms with Crippen molar-refractivity contribution >= 4 is 62.3 Å². The first-order valence-electron chi connectivity index (χ1n) is 23.9. The first-order chi connectivity index (χ1) is 34.9. The second-order valence-electron chi connectivity index (χ2n) is 18.7. The number of carbonyl (C=O) groups is 4. The summed E-state index contributed by atoms with van der Waals surface area (Å²) in [6.07, 6.45) is -7.25. The van der Waals surface area contributed by atoms with Gasteiger partial charge in [-0.2, -0.15) is 26.3 Å². The smallest absolute Gasteiger partial charge is 0.364 e. The van der Waals surface area contributed by atoms with Crippen molar-refractivity contribution < 1.29 is 59.4 Å². The van der Waals surface area contributed by atoms with Crippen LogP contribution in [0.2, 0.25) is 0 Å². The second kappa shape index (κ2) is 21.5. The fourth-order valence-electron chi connectivity index (χ4n) is 10.4. The number of piperidine rings is 2. The highest BCUT2D eigenvalue weighted by Crippen LogP contribution is 2.42. The van der Waals surface area contributed by atoms with Crippen LogP contribution in [-0.4, -0.2) is 109 Å². The van der Waals surface area contributed by atoms with E-state index in [2.05, 4.69) is 4.98 Å². The number of ether oxygens (including phenoxy) is 2. The largest absolute Gasteiger partial charge is 0.414 e. The molecular formula is C53H50ClF7N6O6. The van der Waals surface area contributed by atoms with Crippen molar-refractivity contribution in [1.82, 2.24) is 28.7 Å². The summed E-state index contributed by atoms with van der Waals surface area (Å²) < 4.78 is 111. The average Bonchev–Trinajstić information content (AvgIpc) is 4.00. The van der Waals surface area contributed by atoms with Crippen molar-refractivity contribution in [3.05, 3.63) is 143 Å². The third-order valence-corrected chi connectivity index (χ3v) is 14.2. The molecule has 3 aromatic heterocycles. The number of aromatic nitrogens is 3. The minimum atomic E-state index is -4.55. The first-order valence-corrected chi connectivity index (χ1v) is 24.3. The average molecular weight is 1040 g/mol. The third-order valence-electron chi connectivity index (χ3n) is 14.0. The normalized spacial score (nSPS) is 18.1. The van der Waals surface area contributed by atoms with Gasteiger partial charge in [0.1, 0.15) is 11.5 Å². The summed E-state index contributed by atoms with van der Waals surface area (Å²) in [6, 6.07) is 25.3. The summed E-state index contributed by atoms with van der Waals surface area (Å²) in [6.45, 7) is 1.11. The van der Waals surface area contributed by atoms with Gasteiger partial charge in [-0.1, -0.05) is 66.7 Å².